The molecule has 2 heterocycles. The maximum atomic E-state index is 11.7. The number of nitrogens with two attached hydrogens (primary N) is 1. The van der Waals surface area contributed by atoms with Gasteiger partial charge in [-0.1, -0.05) is 0 Å². The normalized spacial score (nSPS) is 38.1. The van der Waals surface area contributed by atoms with Gasteiger partial charge in [-0.05, 0) is 19.3 Å². The van der Waals surface area contributed by atoms with Gasteiger partial charge in [-0.3, -0.25) is 9.80 Å². The second kappa shape index (κ2) is 4.44. The molecule has 104 valence electrons. The van der Waals surface area contributed by atoms with Crippen molar-refractivity contribution in [3.63, 3.8) is 0 Å². The molecule has 0 radical (unpaired) electrons. The highest BCUT2D eigenvalue weighted by molar-refractivity contribution is 7.91. The molecule has 0 amide bonds. The third kappa shape index (κ3) is 2.31. The van der Waals surface area contributed by atoms with Gasteiger partial charge in [-0.15, -0.1) is 0 Å². The van der Waals surface area contributed by atoms with E-state index in [0.717, 1.165) is 38.6 Å². The number of hydrogen-bond donors (Lipinski definition) is 1. The van der Waals surface area contributed by atoms with Gasteiger partial charge in [0.1, 0.15) is 0 Å². The Labute approximate surface area is 109 Å². The molecule has 5 nitrogen and oxygen atoms in total. The summed E-state index contributed by atoms with van der Waals surface area (Å²) in [6.45, 7) is 4.57. The van der Waals surface area contributed by atoms with Gasteiger partial charge in [0.05, 0.1) is 11.5 Å². The lowest BCUT2D eigenvalue weighted by Crippen LogP contribution is -2.61. The zero-order valence-corrected chi connectivity index (χ0v) is 11.7. The second-order valence-corrected chi connectivity index (χ2v) is 8.21. The predicted octanol–water partition coefficient (Wildman–Crippen LogP) is -0.718. The van der Waals surface area contributed by atoms with Gasteiger partial charge in [-0.2, -0.15) is 0 Å². The quantitative estimate of drug-likeness (QED) is 0.735. The van der Waals surface area contributed by atoms with Crippen molar-refractivity contribution in [2.24, 2.45) is 5.73 Å². The minimum Gasteiger partial charge on any atom is -0.329 e. The maximum absolute atomic E-state index is 11.7. The summed E-state index contributed by atoms with van der Waals surface area (Å²) >= 11 is 0. The van der Waals surface area contributed by atoms with Crippen molar-refractivity contribution in [1.29, 1.82) is 0 Å². The van der Waals surface area contributed by atoms with Crippen LogP contribution in [0, 0.1) is 0 Å². The van der Waals surface area contributed by atoms with E-state index in [-0.39, 0.29) is 11.3 Å². The van der Waals surface area contributed by atoms with Crippen LogP contribution in [0.25, 0.3) is 0 Å². The van der Waals surface area contributed by atoms with Crippen LogP contribution in [0.2, 0.25) is 0 Å². The van der Waals surface area contributed by atoms with Crippen LogP contribution in [0.4, 0.5) is 0 Å². The van der Waals surface area contributed by atoms with Crippen LogP contribution in [-0.4, -0.2) is 74.0 Å². The van der Waals surface area contributed by atoms with E-state index in [0.29, 0.717) is 12.3 Å². The van der Waals surface area contributed by atoms with Gasteiger partial charge in [0.2, 0.25) is 0 Å². The van der Waals surface area contributed by atoms with Crippen LogP contribution in [-0.2, 0) is 9.84 Å². The van der Waals surface area contributed by atoms with Crippen LogP contribution < -0.4 is 5.73 Å². The van der Waals surface area contributed by atoms with Crippen LogP contribution in [0.3, 0.4) is 0 Å². The lowest BCUT2D eigenvalue weighted by atomic mass is 9.95. The smallest absolute Gasteiger partial charge is 0.152 e. The molecule has 3 rings (SSSR count). The van der Waals surface area contributed by atoms with E-state index in [1.165, 1.54) is 12.8 Å². The topological polar surface area (TPSA) is 66.6 Å². The van der Waals surface area contributed by atoms with Crippen molar-refractivity contribution >= 4 is 9.84 Å². The fourth-order valence-electron chi connectivity index (χ4n) is 3.44. The van der Waals surface area contributed by atoms with Gasteiger partial charge in [0.25, 0.3) is 0 Å². The molecule has 2 aliphatic heterocycles. The van der Waals surface area contributed by atoms with Crippen molar-refractivity contribution in [2.45, 2.75) is 30.8 Å². The first-order chi connectivity index (χ1) is 8.55. The van der Waals surface area contributed by atoms with E-state index in [4.69, 9.17) is 5.73 Å². The Hall–Kier alpha value is -0.170. The summed E-state index contributed by atoms with van der Waals surface area (Å²) < 4.78 is 23.5. The van der Waals surface area contributed by atoms with Gasteiger partial charge in [-0.25, -0.2) is 8.42 Å². The average molecular weight is 273 g/mol. The van der Waals surface area contributed by atoms with Gasteiger partial charge in [0.15, 0.2) is 9.84 Å². The molecule has 1 aliphatic carbocycles. The summed E-state index contributed by atoms with van der Waals surface area (Å²) in [6, 6.07) is 0.813. The average Bonchev–Trinajstić information content (AvgIpc) is 3.15. The zero-order valence-electron chi connectivity index (χ0n) is 10.8. The van der Waals surface area contributed by atoms with E-state index < -0.39 is 9.84 Å². The third-order valence-corrected chi connectivity index (χ3v) is 6.60. The molecule has 0 aromatic carbocycles. The molecule has 2 N–H and O–H groups in total. The summed E-state index contributed by atoms with van der Waals surface area (Å²) in [7, 11) is -2.87. The van der Waals surface area contributed by atoms with Crippen molar-refractivity contribution in [2.75, 3.05) is 44.2 Å². The van der Waals surface area contributed by atoms with Crippen LogP contribution in [0.15, 0.2) is 0 Å². The maximum Gasteiger partial charge on any atom is 0.152 e. The Morgan fingerprint density at radius 3 is 2.28 bits per heavy atom. The molecular formula is C12H23N3O2S. The van der Waals surface area contributed by atoms with Crippen LogP contribution in [0.5, 0.6) is 0 Å². The predicted molar refractivity (Wildman–Crippen MR) is 71.2 cm³/mol. The number of hydrogen-bond acceptors (Lipinski definition) is 5. The lowest BCUT2D eigenvalue weighted by Gasteiger charge is -2.45. The zero-order chi connectivity index (χ0) is 12.8. The van der Waals surface area contributed by atoms with E-state index >= 15 is 0 Å². The largest absolute Gasteiger partial charge is 0.329 e. The summed E-state index contributed by atoms with van der Waals surface area (Å²) in [5.74, 6) is 0.576. The number of piperazine rings is 1. The molecule has 2 saturated heterocycles. The highest BCUT2D eigenvalue weighted by Gasteiger charge is 2.46. The molecule has 0 bridgehead atoms. The molecule has 0 aromatic heterocycles. The molecule has 1 saturated carbocycles. The summed E-state index contributed by atoms with van der Waals surface area (Å²) in [6.07, 6.45) is 3.40. The molecule has 1 atom stereocenters. The number of sulfone groups is 1. The molecule has 18 heavy (non-hydrogen) atoms. The van der Waals surface area contributed by atoms with E-state index in [1.54, 1.807) is 0 Å². The molecule has 0 aromatic rings. The summed E-state index contributed by atoms with van der Waals surface area (Å²) in [4.78, 5) is 4.89. The molecule has 3 fully saturated rings. The van der Waals surface area contributed by atoms with E-state index in [9.17, 15) is 8.42 Å². The van der Waals surface area contributed by atoms with Gasteiger partial charge < -0.3 is 5.73 Å². The summed E-state index contributed by atoms with van der Waals surface area (Å²) in [5, 5.41) is 0. The molecule has 3 aliphatic rings. The first kappa shape index (κ1) is 12.8. The van der Waals surface area contributed by atoms with Crippen LogP contribution >= 0.6 is 0 Å². The fraction of sp³-hybridized carbons (Fsp3) is 1.00. The Morgan fingerprint density at radius 1 is 1.17 bits per heavy atom. The van der Waals surface area contributed by atoms with Gasteiger partial charge in [0, 0.05) is 44.3 Å². The van der Waals surface area contributed by atoms with Crippen molar-refractivity contribution in [1.82, 2.24) is 9.80 Å². The van der Waals surface area contributed by atoms with E-state index in [2.05, 4.69) is 9.80 Å². The number of nitrogens with zero attached hydrogens (tertiary/aromatic N) is 2. The second-order valence-electron chi connectivity index (χ2n) is 6.02. The molecule has 1 unspecified atom stereocenters. The minimum absolute atomic E-state index is 0.264. The first-order valence-electron chi connectivity index (χ1n) is 6.94. The Kier molecular flexibility index (Phi) is 3.17. The Bertz CT molecular complexity index is 413. The van der Waals surface area contributed by atoms with E-state index in [1.807, 2.05) is 0 Å². The standard InChI is InChI=1S/C12H23N3O2S/c13-9-12(3-8-18(16,17)10-12)15-6-4-14(5-7-15)11-1-2-11/h11H,1-10,13H2. The molecule has 0 spiro atoms. The molecule has 6 heteroatoms. The van der Waals surface area contributed by atoms with Crippen LogP contribution in [0.1, 0.15) is 19.3 Å². The van der Waals surface area contributed by atoms with Crippen molar-refractivity contribution in [3.8, 4) is 0 Å². The third-order valence-electron chi connectivity index (χ3n) is 4.80. The summed E-state index contributed by atoms with van der Waals surface area (Å²) in [5.41, 5.74) is 5.64. The minimum atomic E-state index is -2.87. The van der Waals surface area contributed by atoms with Gasteiger partial charge >= 0.3 is 0 Å². The highest BCUT2D eigenvalue weighted by Crippen LogP contribution is 2.32. The first-order valence-corrected chi connectivity index (χ1v) is 8.76. The Morgan fingerprint density at radius 2 is 1.83 bits per heavy atom. The highest BCUT2D eigenvalue weighted by atomic mass is 32.2. The lowest BCUT2D eigenvalue weighted by molar-refractivity contribution is 0.0473. The SMILES string of the molecule is NCC1(N2CCN(C3CC3)CC2)CCS(=O)(=O)C1. The van der Waals surface area contributed by atoms with Crippen molar-refractivity contribution in [3.05, 3.63) is 0 Å². The Balaban J connectivity index is 1.66. The molecular weight excluding hydrogens is 250 g/mol. The van der Waals surface area contributed by atoms with Crippen molar-refractivity contribution < 1.29 is 8.42 Å². The monoisotopic (exact) mass is 273 g/mol. The number of rotatable bonds is 3. The fourth-order valence-corrected chi connectivity index (χ4v) is 5.54.